The van der Waals surface area contributed by atoms with E-state index >= 15 is 0 Å². The molecule has 0 amide bonds. The molecule has 0 saturated carbocycles. The van der Waals surface area contributed by atoms with Crippen molar-refractivity contribution in [3.8, 4) is 17.0 Å². The third-order valence-electron chi connectivity index (χ3n) is 2.61. The first-order chi connectivity index (χ1) is 8.65. The van der Waals surface area contributed by atoms with Crippen molar-refractivity contribution >= 4 is 11.5 Å². The SMILES string of the molecule is Nc1cc(-c2ccc(O)cc2F)n2nccc2n1. The molecule has 0 unspecified atom stereocenters. The first-order valence-electron chi connectivity index (χ1n) is 5.24. The Balaban J connectivity index is 2.33. The lowest BCUT2D eigenvalue weighted by molar-refractivity contribution is 0.469. The lowest BCUT2D eigenvalue weighted by Crippen LogP contribution is -2.01. The molecular weight excluding hydrogens is 235 g/mol. The molecule has 0 aliphatic heterocycles. The molecule has 2 heterocycles. The number of nitrogen functional groups attached to an aromatic ring is 1. The third kappa shape index (κ3) is 1.55. The summed E-state index contributed by atoms with van der Waals surface area (Å²) < 4.78 is 15.3. The first-order valence-corrected chi connectivity index (χ1v) is 5.24. The van der Waals surface area contributed by atoms with E-state index in [4.69, 9.17) is 5.73 Å². The molecule has 3 rings (SSSR count). The molecule has 3 aromatic rings. The Hall–Kier alpha value is -2.63. The summed E-state index contributed by atoms with van der Waals surface area (Å²) in [4.78, 5) is 4.08. The highest BCUT2D eigenvalue weighted by molar-refractivity contribution is 5.67. The molecule has 0 bridgehead atoms. The van der Waals surface area contributed by atoms with Crippen molar-refractivity contribution in [1.29, 1.82) is 0 Å². The highest BCUT2D eigenvalue weighted by Gasteiger charge is 2.12. The zero-order chi connectivity index (χ0) is 12.7. The number of anilines is 1. The number of rotatable bonds is 1. The fraction of sp³-hybridized carbons (Fsp3) is 0. The summed E-state index contributed by atoms with van der Waals surface area (Å²) in [5.41, 5.74) is 7.00. The van der Waals surface area contributed by atoms with Crippen LogP contribution >= 0.6 is 0 Å². The van der Waals surface area contributed by atoms with Crippen molar-refractivity contribution in [1.82, 2.24) is 14.6 Å². The van der Waals surface area contributed by atoms with E-state index in [1.807, 2.05) is 0 Å². The van der Waals surface area contributed by atoms with Gasteiger partial charge in [-0.05, 0) is 12.1 Å². The molecule has 5 nitrogen and oxygen atoms in total. The second-order valence-electron chi connectivity index (χ2n) is 3.83. The summed E-state index contributed by atoms with van der Waals surface area (Å²) in [6, 6.07) is 7.14. The van der Waals surface area contributed by atoms with Crippen molar-refractivity contribution in [3.63, 3.8) is 0 Å². The van der Waals surface area contributed by atoms with Gasteiger partial charge >= 0.3 is 0 Å². The lowest BCUT2D eigenvalue weighted by atomic mass is 10.1. The van der Waals surface area contributed by atoms with Gasteiger partial charge < -0.3 is 10.8 Å². The highest BCUT2D eigenvalue weighted by atomic mass is 19.1. The van der Waals surface area contributed by atoms with E-state index in [0.717, 1.165) is 6.07 Å². The second-order valence-corrected chi connectivity index (χ2v) is 3.83. The second kappa shape index (κ2) is 3.69. The number of benzene rings is 1. The normalized spacial score (nSPS) is 10.9. The van der Waals surface area contributed by atoms with E-state index in [2.05, 4.69) is 10.1 Å². The Labute approximate surface area is 101 Å². The van der Waals surface area contributed by atoms with Gasteiger partial charge in [-0.2, -0.15) is 5.10 Å². The van der Waals surface area contributed by atoms with Crippen molar-refractivity contribution < 1.29 is 9.50 Å². The van der Waals surface area contributed by atoms with E-state index in [1.54, 1.807) is 12.3 Å². The van der Waals surface area contributed by atoms with E-state index in [0.29, 0.717) is 16.9 Å². The molecule has 0 fully saturated rings. The van der Waals surface area contributed by atoms with Crippen LogP contribution in [0.25, 0.3) is 16.9 Å². The van der Waals surface area contributed by atoms with Crippen LogP contribution in [0.3, 0.4) is 0 Å². The summed E-state index contributed by atoms with van der Waals surface area (Å²) >= 11 is 0. The Bertz CT molecular complexity index is 738. The molecular formula is C12H9FN4O. The molecule has 1 aromatic carbocycles. The minimum Gasteiger partial charge on any atom is -0.508 e. The quantitative estimate of drug-likeness (QED) is 0.684. The number of fused-ring (bicyclic) bond motifs is 1. The molecule has 2 aromatic heterocycles. The molecule has 0 aliphatic rings. The minimum atomic E-state index is -0.544. The minimum absolute atomic E-state index is 0.130. The average molecular weight is 244 g/mol. The molecule has 0 atom stereocenters. The average Bonchev–Trinajstić information content (AvgIpc) is 2.76. The largest absolute Gasteiger partial charge is 0.508 e. The number of phenolic OH excluding ortho intramolecular Hbond substituents is 1. The highest BCUT2D eigenvalue weighted by Crippen LogP contribution is 2.26. The number of phenols is 1. The maximum atomic E-state index is 13.8. The summed E-state index contributed by atoms with van der Waals surface area (Å²) in [7, 11) is 0. The van der Waals surface area contributed by atoms with Crippen LogP contribution < -0.4 is 5.73 Å². The predicted molar refractivity (Wildman–Crippen MR) is 64.5 cm³/mol. The van der Waals surface area contributed by atoms with Gasteiger partial charge in [0, 0.05) is 23.8 Å². The monoisotopic (exact) mass is 244 g/mol. The van der Waals surface area contributed by atoms with Crippen molar-refractivity contribution in [2.45, 2.75) is 0 Å². The maximum Gasteiger partial charge on any atom is 0.158 e. The fourth-order valence-corrected chi connectivity index (χ4v) is 1.84. The maximum absolute atomic E-state index is 13.8. The zero-order valence-electron chi connectivity index (χ0n) is 9.21. The van der Waals surface area contributed by atoms with E-state index < -0.39 is 5.82 Å². The molecule has 3 N–H and O–H groups in total. The van der Waals surface area contributed by atoms with Gasteiger partial charge in [0.05, 0.1) is 11.9 Å². The number of hydrogen-bond donors (Lipinski definition) is 2. The summed E-state index contributed by atoms with van der Waals surface area (Å²) in [6.45, 7) is 0. The molecule has 90 valence electrons. The van der Waals surface area contributed by atoms with Gasteiger partial charge in [0.15, 0.2) is 5.65 Å². The molecule has 0 spiro atoms. The number of aromatic hydroxyl groups is 1. The van der Waals surface area contributed by atoms with Crippen LogP contribution in [0.2, 0.25) is 0 Å². The topological polar surface area (TPSA) is 76.4 Å². The number of hydrogen-bond acceptors (Lipinski definition) is 4. The lowest BCUT2D eigenvalue weighted by Gasteiger charge is -2.07. The van der Waals surface area contributed by atoms with E-state index in [-0.39, 0.29) is 11.6 Å². The van der Waals surface area contributed by atoms with Gasteiger partial charge in [0.25, 0.3) is 0 Å². The van der Waals surface area contributed by atoms with Gasteiger partial charge in [-0.15, -0.1) is 0 Å². The van der Waals surface area contributed by atoms with Gasteiger partial charge in [-0.25, -0.2) is 13.9 Å². The molecule has 6 heteroatoms. The molecule has 18 heavy (non-hydrogen) atoms. The van der Waals surface area contributed by atoms with E-state index in [9.17, 15) is 9.50 Å². The van der Waals surface area contributed by atoms with Crippen LogP contribution in [0.5, 0.6) is 5.75 Å². The zero-order valence-corrected chi connectivity index (χ0v) is 9.21. The number of aromatic nitrogens is 3. The molecule has 0 saturated heterocycles. The Kier molecular flexibility index (Phi) is 2.16. The fourth-order valence-electron chi connectivity index (χ4n) is 1.84. The number of halogens is 1. The van der Waals surface area contributed by atoms with Crippen LogP contribution in [0.1, 0.15) is 0 Å². The summed E-state index contributed by atoms with van der Waals surface area (Å²) in [5.74, 6) is -0.391. The van der Waals surface area contributed by atoms with Crippen LogP contribution in [0.15, 0.2) is 36.5 Å². The summed E-state index contributed by atoms with van der Waals surface area (Å²) in [5, 5.41) is 13.3. The van der Waals surface area contributed by atoms with Crippen LogP contribution in [-0.2, 0) is 0 Å². The van der Waals surface area contributed by atoms with Crippen molar-refractivity contribution in [3.05, 3.63) is 42.3 Å². The predicted octanol–water partition coefficient (Wildman–Crippen LogP) is 1.82. The van der Waals surface area contributed by atoms with Crippen molar-refractivity contribution in [2.24, 2.45) is 0 Å². The number of nitrogens with two attached hydrogens (primary N) is 1. The van der Waals surface area contributed by atoms with Crippen LogP contribution in [-0.4, -0.2) is 19.7 Å². The standard InChI is InChI=1S/C12H9FN4O/c13-9-5-7(18)1-2-8(9)10-6-11(14)16-12-3-4-15-17(10)12/h1-6,18H,(H2,14,16). The van der Waals surface area contributed by atoms with Gasteiger partial charge in [0.1, 0.15) is 17.4 Å². The molecule has 0 aliphatic carbocycles. The smallest absolute Gasteiger partial charge is 0.158 e. The molecule has 0 radical (unpaired) electrons. The Morgan fingerprint density at radius 2 is 2.06 bits per heavy atom. The summed E-state index contributed by atoms with van der Waals surface area (Å²) in [6.07, 6.45) is 1.56. The van der Waals surface area contributed by atoms with Gasteiger partial charge in [-0.1, -0.05) is 0 Å². The van der Waals surface area contributed by atoms with Crippen LogP contribution in [0.4, 0.5) is 10.2 Å². The Morgan fingerprint density at radius 1 is 1.22 bits per heavy atom. The van der Waals surface area contributed by atoms with Gasteiger partial charge in [-0.3, -0.25) is 0 Å². The van der Waals surface area contributed by atoms with Crippen LogP contribution in [0, 0.1) is 5.82 Å². The van der Waals surface area contributed by atoms with Crippen molar-refractivity contribution in [2.75, 3.05) is 5.73 Å². The first kappa shape index (κ1) is 10.5. The number of nitrogens with zero attached hydrogens (tertiary/aromatic N) is 3. The Morgan fingerprint density at radius 3 is 2.83 bits per heavy atom. The van der Waals surface area contributed by atoms with E-state index in [1.165, 1.54) is 22.7 Å². The third-order valence-corrected chi connectivity index (χ3v) is 2.61. The van der Waals surface area contributed by atoms with Gasteiger partial charge in [0.2, 0.25) is 0 Å².